The summed E-state index contributed by atoms with van der Waals surface area (Å²) in [6.45, 7) is -0.979. The van der Waals surface area contributed by atoms with Crippen LogP contribution < -0.4 is 5.73 Å². The fraction of sp³-hybridized carbons (Fsp3) is 0.375. The van der Waals surface area contributed by atoms with E-state index in [0.717, 1.165) is 12.3 Å². The Morgan fingerprint density at radius 3 is 2.59 bits per heavy atom. The summed E-state index contributed by atoms with van der Waals surface area (Å²) < 4.78 is 61.5. The van der Waals surface area contributed by atoms with E-state index in [2.05, 4.69) is 9.72 Å². The largest absolute Gasteiger partial charge is 0.522 e. The number of nitrogens with two attached hydrogens (primary N) is 1. The summed E-state index contributed by atoms with van der Waals surface area (Å²) in [6.07, 6.45) is -2.55. The molecule has 0 aliphatic heterocycles. The van der Waals surface area contributed by atoms with Gasteiger partial charge in [0.05, 0.1) is 29.1 Å². The Labute approximate surface area is 95.3 Å². The Kier molecular flexibility index (Phi) is 3.94. The van der Waals surface area contributed by atoms with E-state index >= 15 is 0 Å². The SMILES string of the molecule is Nc1cnccc1S(=O)(=O)CCOC(F)(F)F. The number of aromatic nitrogens is 1. The average Bonchev–Trinajstić information content (AvgIpc) is 2.15. The molecule has 0 spiro atoms. The molecule has 0 bridgehead atoms. The lowest BCUT2D eigenvalue weighted by Crippen LogP contribution is -2.20. The van der Waals surface area contributed by atoms with Crippen molar-refractivity contribution >= 4 is 15.5 Å². The van der Waals surface area contributed by atoms with Gasteiger partial charge in [-0.05, 0) is 6.07 Å². The average molecular weight is 270 g/mol. The number of ether oxygens (including phenoxy) is 1. The van der Waals surface area contributed by atoms with Crippen LogP contribution >= 0.6 is 0 Å². The maximum atomic E-state index is 11.7. The van der Waals surface area contributed by atoms with Crippen LogP contribution in [0.1, 0.15) is 0 Å². The van der Waals surface area contributed by atoms with Crippen LogP contribution in [0.3, 0.4) is 0 Å². The molecule has 0 saturated heterocycles. The van der Waals surface area contributed by atoms with Gasteiger partial charge in [0.15, 0.2) is 9.84 Å². The minimum atomic E-state index is -4.85. The van der Waals surface area contributed by atoms with Crippen LogP contribution in [0.4, 0.5) is 18.9 Å². The lowest BCUT2D eigenvalue weighted by atomic mass is 10.4. The quantitative estimate of drug-likeness (QED) is 0.881. The molecule has 0 aliphatic rings. The predicted molar refractivity (Wildman–Crippen MR) is 52.7 cm³/mol. The summed E-state index contributed by atoms with van der Waals surface area (Å²) in [6, 6.07) is 1.12. The number of alkyl halides is 3. The van der Waals surface area contributed by atoms with Gasteiger partial charge in [-0.1, -0.05) is 0 Å². The predicted octanol–water partition coefficient (Wildman–Crippen LogP) is 0.974. The summed E-state index contributed by atoms with van der Waals surface area (Å²) >= 11 is 0. The highest BCUT2D eigenvalue weighted by atomic mass is 32.2. The summed E-state index contributed by atoms with van der Waals surface area (Å²) in [5, 5.41) is 0. The zero-order chi connectivity index (χ0) is 13.1. The number of sulfone groups is 1. The fourth-order valence-electron chi connectivity index (χ4n) is 1.05. The van der Waals surface area contributed by atoms with Crippen molar-refractivity contribution in [2.24, 2.45) is 0 Å². The summed E-state index contributed by atoms with van der Waals surface area (Å²) in [4.78, 5) is 3.33. The number of hydrogen-bond donors (Lipinski definition) is 1. The van der Waals surface area contributed by atoms with Gasteiger partial charge < -0.3 is 5.73 Å². The van der Waals surface area contributed by atoms with Crippen molar-refractivity contribution in [2.45, 2.75) is 11.3 Å². The molecular weight excluding hydrogens is 261 g/mol. The fourth-order valence-corrected chi connectivity index (χ4v) is 2.26. The smallest absolute Gasteiger partial charge is 0.396 e. The third-order valence-corrected chi connectivity index (χ3v) is 3.51. The highest BCUT2D eigenvalue weighted by Gasteiger charge is 2.30. The number of anilines is 1. The van der Waals surface area contributed by atoms with E-state index in [1.807, 2.05) is 0 Å². The van der Waals surface area contributed by atoms with Crippen molar-refractivity contribution in [3.63, 3.8) is 0 Å². The Morgan fingerprint density at radius 1 is 1.41 bits per heavy atom. The maximum absolute atomic E-state index is 11.7. The van der Waals surface area contributed by atoms with Crippen LogP contribution in [0.5, 0.6) is 0 Å². The summed E-state index contributed by atoms with van der Waals surface area (Å²) in [5.74, 6) is -0.805. The van der Waals surface area contributed by atoms with Gasteiger partial charge in [0, 0.05) is 6.20 Å². The molecule has 96 valence electrons. The molecule has 1 aromatic rings. The Bertz CT molecular complexity index is 487. The van der Waals surface area contributed by atoms with E-state index in [1.54, 1.807) is 0 Å². The highest BCUT2D eigenvalue weighted by Crippen LogP contribution is 2.20. The first-order valence-electron chi connectivity index (χ1n) is 4.35. The van der Waals surface area contributed by atoms with Crippen molar-refractivity contribution in [1.82, 2.24) is 4.98 Å². The van der Waals surface area contributed by atoms with Gasteiger partial charge in [-0.15, -0.1) is 13.2 Å². The molecule has 5 nitrogen and oxygen atoms in total. The topological polar surface area (TPSA) is 82.3 Å². The molecule has 0 aliphatic carbocycles. The molecule has 9 heteroatoms. The number of rotatable bonds is 4. The summed E-state index contributed by atoms with van der Waals surface area (Å²) in [5.41, 5.74) is 5.25. The normalized spacial score (nSPS) is 12.6. The minimum absolute atomic E-state index is 0.112. The highest BCUT2D eigenvalue weighted by molar-refractivity contribution is 7.91. The van der Waals surface area contributed by atoms with Crippen LogP contribution in [0, 0.1) is 0 Å². The third kappa shape index (κ3) is 4.19. The number of hydrogen-bond acceptors (Lipinski definition) is 5. The first-order chi connectivity index (χ1) is 7.72. The van der Waals surface area contributed by atoms with Gasteiger partial charge in [0.1, 0.15) is 0 Å². The molecule has 17 heavy (non-hydrogen) atoms. The maximum Gasteiger partial charge on any atom is 0.522 e. The van der Waals surface area contributed by atoms with Crippen LogP contribution in [0.15, 0.2) is 23.4 Å². The third-order valence-electron chi connectivity index (χ3n) is 1.76. The molecule has 0 atom stereocenters. The molecule has 0 fully saturated rings. The molecular formula is C8H9F3N2O3S. The van der Waals surface area contributed by atoms with E-state index in [9.17, 15) is 21.6 Å². The summed E-state index contributed by atoms with van der Waals surface area (Å²) in [7, 11) is -3.90. The Balaban J connectivity index is 2.74. The second kappa shape index (κ2) is 4.88. The lowest BCUT2D eigenvalue weighted by molar-refractivity contribution is -0.322. The Hall–Kier alpha value is -1.35. The number of pyridine rings is 1. The molecule has 0 radical (unpaired) electrons. The van der Waals surface area contributed by atoms with E-state index in [-0.39, 0.29) is 10.6 Å². The first-order valence-corrected chi connectivity index (χ1v) is 6.00. The number of nitrogens with zero attached hydrogens (tertiary/aromatic N) is 1. The second-order valence-electron chi connectivity index (χ2n) is 3.03. The van der Waals surface area contributed by atoms with Crippen molar-refractivity contribution in [3.05, 3.63) is 18.5 Å². The van der Waals surface area contributed by atoms with Crippen molar-refractivity contribution in [2.75, 3.05) is 18.1 Å². The van der Waals surface area contributed by atoms with E-state index in [1.165, 1.54) is 6.20 Å². The van der Waals surface area contributed by atoms with Crippen LogP contribution in [0.2, 0.25) is 0 Å². The van der Waals surface area contributed by atoms with Gasteiger partial charge in [-0.3, -0.25) is 9.72 Å². The monoisotopic (exact) mass is 270 g/mol. The van der Waals surface area contributed by atoms with Crippen LogP contribution in [-0.2, 0) is 14.6 Å². The molecule has 0 saturated carbocycles. The zero-order valence-electron chi connectivity index (χ0n) is 8.44. The molecule has 0 unspecified atom stereocenters. The second-order valence-corrected chi connectivity index (χ2v) is 5.10. The van der Waals surface area contributed by atoms with Gasteiger partial charge in [0.25, 0.3) is 0 Å². The number of nitrogen functional groups attached to an aromatic ring is 1. The van der Waals surface area contributed by atoms with E-state index < -0.39 is 28.6 Å². The van der Waals surface area contributed by atoms with Gasteiger partial charge in [0.2, 0.25) is 0 Å². The van der Waals surface area contributed by atoms with E-state index in [0.29, 0.717) is 0 Å². The zero-order valence-corrected chi connectivity index (χ0v) is 9.25. The van der Waals surface area contributed by atoms with Gasteiger partial charge in [-0.2, -0.15) is 0 Å². The first kappa shape index (κ1) is 13.7. The minimum Gasteiger partial charge on any atom is -0.396 e. The molecule has 0 amide bonds. The molecule has 1 aromatic heterocycles. The van der Waals surface area contributed by atoms with Crippen LogP contribution in [-0.4, -0.2) is 32.1 Å². The van der Waals surface area contributed by atoms with Gasteiger partial charge >= 0.3 is 6.36 Å². The molecule has 2 N–H and O–H groups in total. The lowest BCUT2D eigenvalue weighted by Gasteiger charge is -2.09. The molecule has 1 heterocycles. The molecule has 1 rings (SSSR count). The Morgan fingerprint density at radius 2 is 2.06 bits per heavy atom. The van der Waals surface area contributed by atoms with E-state index in [4.69, 9.17) is 5.73 Å². The standard InChI is InChI=1S/C8H9F3N2O3S/c9-8(10,11)16-3-4-17(14,15)7-1-2-13-5-6(7)12/h1-2,5H,3-4,12H2. The van der Waals surface area contributed by atoms with Crippen LogP contribution in [0.25, 0.3) is 0 Å². The van der Waals surface area contributed by atoms with Crippen molar-refractivity contribution in [3.8, 4) is 0 Å². The molecule has 0 aromatic carbocycles. The number of halogens is 3. The van der Waals surface area contributed by atoms with Crippen molar-refractivity contribution < 1.29 is 26.3 Å². The van der Waals surface area contributed by atoms with Crippen molar-refractivity contribution in [1.29, 1.82) is 0 Å². The van der Waals surface area contributed by atoms with Gasteiger partial charge in [-0.25, -0.2) is 8.42 Å².